The van der Waals surface area contributed by atoms with Crippen molar-refractivity contribution in [2.75, 3.05) is 26.2 Å². The summed E-state index contributed by atoms with van der Waals surface area (Å²) >= 11 is 0. The summed E-state index contributed by atoms with van der Waals surface area (Å²) in [5.41, 5.74) is 1.36. The van der Waals surface area contributed by atoms with Crippen molar-refractivity contribution >= 4 is 5.91 Å². The number of benzene rings is 1. The second-order valence-electron chi connectivity index (χ2n) is 6.76. The molecule has 1 unspecified atom stereocenters. The van der Waals surface area contributed by atoms with Crippen LogP contribution in [0.3, 0.4) is 0 Å². The van der Waals surface area contributed by atoms with Gasteiger partial charge in [0.25, 0.3) is 5.91 Å². The Labute approximate surface area is 131 Å². The molecule has 1 atom stereocenters. The van der Waals surface area contributed by atoms with Crippen LogP contribution in [0.25, 0.3) is 0 Å². The summed E-state index contributed by atoms with van der Waals surface area (Å²) in [5.74, 6) is 0.675. The molecule has 0 aromatic heterocycles. The minimum atomic E-state index is -0.171. The van der Waals surface area contributed by atoms with E-state index in [4.69, 9.17) is 0 Å². The van der Waals surface area contributed by atoms with Gasteiger partial charge in [0, 0.05) is 18.7 Å². The Morgan fingerprint density at radius 2 is 2.05 bits per heavy atom. The Morgan fingerprint density at radius 3 is 2.77 bits per heavy atom. The Bertz CT molecular complexity index is 540. The van der Waals surface area contributed by atoms with Gasteiger partial charge < -0.3 is 10.2 Å². The van der Waals surface area contributed by atoms with Crippen molar-refractivity contribution in [2.45, 2.75) is 38.5 Å². The predicted molar refractivity (Wildman–Crippen MR) is 85.5 cm³/mol. The Kier molecular flexibility index (Phi) is 4.77. The number of carbonyl (C=O) groups is 1. The first-order valence-electron chi connectivity index (χ1n) is 8.44. The van der Waals surface area contributed by atoms with Gasteiger partial charge in [0.2, 0.25) is 0 Å². The normalized spacial score (nSPS) is 23.5. The molecule has 3 rings (SSSR count). The molecule has 0 radical (unpaired) electrons. The molecule has 3 nitrogen and oxygen atoms in total. The van der Waals surface area contributed by atoms with E-state index in [0.717, 1.165) is 51.0 Å². The maximum Gasteiger partial charge on any atom is 0.253 e. The van der Waals surface area contributed by atoms with Crippen LogP contribution in [-0.2, 0) is 0 Å². The zero-order valence-corrected chi connectivity index (χ0v) is 13.3. The lowest BCUT2D eigenvalue weighted by molar-refractivity contribution is 0.0683. The van der Waals surface area contributed by atoms with E-state index in [2.05, 4.69) is 12.2 Å². The third-order valence-corrected chi connectivity index (χ3v) is 4.97. The van der Waals surface area contributed by atoms with Crippen LogP contribution < -0.4 is 5.32 Å². The summed E-state index contributed by atoms with van der Waals surface area (Å²) in [4.78, 5) is 14.6. The Morgan fingerprint density at radius 1 is 1.27 bits per heavy atom. The molecule has 1 amide bonds. The van der Waals surface area contributed by atoms with Crippen LogP contribution >= 0.6 is 0 Å². The molecule has 120 valence electrons. The van der Waals surface area contributed by atoms with E-state index in [1.54, 1.807) is 12.1 Å². The highest BCUT2D eigenvalue weighted by Gasteiger charge is 2.24. The molecule has 2 aliphatic heterocycles. The molecule has 0 bridgehead atoms. The third kappa shape index (κ3) is 3.32. The second-order valence-corrected chi connectivity index (χ2v) is 6.76. The number of rotatable bonds is 2. The second kappa shape index (κ2) is 6.78. The molecular formula is C18H25FN2O. The average molecular weight is 304 g/mol. The maximum atomic E-state index is 14.2. The monoisotopic (exact) mass is 304 g/mol. The molecule has 2 aliphatic rings. The molecule has 1 aromatic carbocycles. The number of nitrogens with zero attached hydrogens (tertiary/aromatic N) is 1. The van der Waals surface area contributed by atoms with E-state index in [1.165, 1.54) is 12.5 Å². The van der Waals surface area contributed by atoms with Crippen molar-refractivity contribution in [2.24, 2.45) is 5.92 Å². The average Bonchev–Trinajstić information content (AvgIpc) is 2.55. The van der Waals surface area contributed by atoms with Crippen molar-refractivity contribution in [1.29, 1.82) is 0 Å². The first kappa shape index (κ1) is 15.5. The highest BCUT2D eigenvalue weighted by atomic mass is 19.1. The summed E-state index contributed by atoms with van der Waals surface area (Å²) in [6.45, 7) is 5.67. The summed E-state index contributed by atoms with van der Waals surface area (Å²) in [6.07, 6.45) is 4.13. The van der Waals surface area contributed by atoms with Gasteiger partial charge in [0.05, 0.1) is 0 Å². The fourth-order valence-corrected chi connectivity index (χ4v) is 3.68. The third-order valence-electron chi connectivity index (χ3n) is 4.97. The quantitative estimate of drug-likeness (QED) is 0.910. The van der Waals surface area contributed by atoms with Gasteiger partial charge in [-0.2, -0.15) is 0 Å². The molecule has 2 fully saturated rings. The fraction of sp³-hybridized carbons (Fsp3) is 0.611. The number of hydrogen-bond donors (Lipinski definition) is 1. The highest BCUT2D eigenvalue weighted by molar-refractivity contribution is 5.94. The van der Waals surface area contributed by atoms with Crippen LogP contribution in [-0.4, -0.2) is 37.0 Å². The van der Waals surface area contributed by atoms with Crippen molar-refractivity contribution in [3.8, 4) is 0 Å². The van der Waals surface area contributed by atoms with Crippen LogP contribution in [0.15, 0.2) is 18.2 Å². The van der Waals surface area contributed by atoms with Crippen LogP contribution in [0.4, 0.5) is 4.39 Å². The van der Waals surface area contributed by atoms with Crippen molar-refractivity contribution in [1.82, 2.24) is 10.2 Å². The molecule has 0 aliphatic carbocycles. The van der Waals surface area contributed by atoms with Gasteiger partial charge in [-0.15, -0.1) is 0 Å². The largest absolute Gasteiger partial charge is 0.338 e. The fourth-order valence-electron chi connectivity index (χ4n) is 3.68. The first-order chi connectivity index (χ1) is 10.6. The minimum absolute atomic E-state index is 0.0572. The van der Waals surface area contributed by atoms with Crippen molar-refractivity contribution in [3.63, 3.8) is 0 Å². The van der Waals surface area contributed by atoms with E-state index >= 15 is 0 Å². The number of amides is 1. The number of piperidine rings is 2. The van der Waals surface area contributed by atoms with E-state index in [-0.39, 0.29) is 17.6 Å². The van der Waals surface area contributed by atoms with Gasteiger partial charge in [-0.25, -0.2) is 4.39 Å². The van der Waals surface area contributed by atoms with E-state index < -0.39 is 0 Å². The van der Waals surface area contributed by atoms with Crippen LogP contribution in [0.2, 0.25) is 0 Å². The summed E-state index contributed by atoms with van der Waals surface area (Å²) in [6, 6.07) is 4.91. The molecule has 2 saturated heterocycles. The van der Waals surface area contributed by atoms with Gasteiger partial charge in [0.15, 0.2) is 0 Å². The molecule has 1 aromatic rings. The first-order valence-corrected chi connectivity index (χ1v) is 8.44. The number of carbonyl (C=O) groups excluding carboxylic acids is 1. The van der Waals surface area contributed by atoms with Gasteiger partial charge in [-0.3, -0.25) is 4.79 Å². The topological polar surface area (TPSA) is 32.3 Å². The van der Waals surface area contributed by atoms with Crippen LogP contribution in [0.1, 0.15) is 54.4 Å². The SMILES string of the molecule is CC1CCCN(C(=O)c2ccc(F)c(C3CCNCC3)c2)C1. The minimum Gasteiger partial charge on any atom is -0.338 e. The molecule has 22 heavy (non-hydrogen) atoms. The van der Waals surface area contributed by atoms with Crippen LogP contribution in [0, 0.1) is 11.7 Å². The maximum absolute atomic E-state index is 14.2. The van der Waals surface area contributed by atoms with Crippen LogP contribution in [0.5, 0.6) is 0 Å². The predicted octanol–water partition coefficient (Wildman–Crippen LogP) is 3.16. The number of nitrogens with one attached hydrogen (secondary N) is 1. The Balaban J connectivity index is 1.80. The number of likely N-dealkylation sites (tertiary alicyclic amines) is 1. The summed E-state index contributed by atoms with van der Waals surface area (Å²) < 4.78 is 14.2. The van der Waals surface area contributed by atoms with Crippen molar-refractivity contribution in [3.05, 3.63) is 35.1 Å². The Hall–Kier alpha value is -1.42. The van der Waals surface area contributed by atoms with Gasteiger partial charge in [0.1, 0.15) is 5.82 Å². The lowest BCUT2D eigenvalue weighted by Gasteiger charge is -2.31. The summed E-state index contributed by atoms with van der Waals surface area (Å²) in [5, 5.41) is 3.30. The highest BCUT2D eigenvalue weighted by Crippen LogP contribution is 2.29. The zero-order valence-electron chi connectivity index (χ0n) is 13.3. The van der Waals surface area contributed by atoms with E-state index in [1.807, 2.05) is 4.90 Å². The number of halogens is 1. The molecule has 0 saturated carbocycles. The molecule has 2 heterocycles. The summed E-state index contributed by atoms with van der Waals surface area (Å²) in [7, 11) is 0. The molecular weight excluding hydrogens is 279 g/mol. The number of hydrogen-bond acceptors (Lipinski definition) is 2. The molecule has 4 heteroatoms. The van der Waals surface area contributed by atoms with Gasteiger partial charge in [-0.05, 0) is 74.4 Å². The standard InChI is InChI=1S/C18H25FN2O/c1-13-3-2-10-21(12-13)18(22)15-4-5-17(19)16(11-15)14-6-8-20-9-7-14/h4-5,11,13-14,20H,2-3,6-10,12H2,1H3. The van der Waals surface area contributed by atoms with Gasteiger partial charge in [-0.1, -0.05) is 6.92 Å². The lowest BCUT2D eigenvalue weighted by atomic mass is 9.88. The van der Waals surface area contributed by atoms with E-state index in [9.17, 15) is 9.18 Å². The zero-order chi connectivity index (χ0) is 15.5. The smallest absolute Gasteiger partial charge is 0.253 e. The lowest BCUT2D eigenvalue weighted by Crippen LogP contribution is -2.39. The van der Waals surface area contributed by atoms with E-state index in [0.29, 0.717) is 11.5 Å². The molecule has 0 spiro atoms. The molecule has 1 N–H and O–H groups in total. The van der Waals surface area contributed by atoms with Crippen molar-refractivity contribution < 1.29 is 9.18 Å². The van der Waals surface area contributed by atoms with Gasteiger partial charge >= 0.3 is 0 Å².